The first-order valence-corrected chi connectivity index (χ1v) is 17.0. The van der Waals surface area contributed by atoms with E-state index in [4.69, 9.17) is 40.3 Å². The van der Waals surface area contributed by atoms with Crippen molar-refractivity contribution < 1.29 is 11.2 Å². The Morgan fingerprint density at radius 3 is 1.18 bits per heavy atom. The predicted molar refractivity (Wildman–Crippen MR) is 172 cm³/mol. The number of nitrogens with zero attached hydrogens (tertiary/aromatic N) is 2. The summed E-state index contributed by atoms with van der Waals surface area (Å²) in [7, 11) is 14.7. The van der Waals surface area contributed by atoms with E-state index < -0.39 is 11.2 Å². The molecule has 0 bridgehead atoms. The maximum absolute atomic E-state index is 4.99. The van der Waals surface area contributed by atoms with Gasteiger partial charge in [0.1, 0.15) is 0 Å². The van der Waals surface area contributed by atoms with E-state index in [1.54, 1.807) is 0 Å². The van der Waals surface area contributed by atoms with Crippen LogP contribution in [0.25, 0.3) is 32.7 Å². The van der Waals surface area contributed by atoms with E-state index >= 15 is 0 Å². The van der Waals surface area contributed by atoms with Gasteiger partial charge in [0.25, 0.3) is 0 Å². The third-order valence-corrected chi connectivity index (χ3v) is 6.37. The number of rotatable bonds is 5. The Bertz CT molecular complexity index is 1650. The molecule has 0 radical (unpaired) electrons. The molecule has 0 aromatic heterocycles. The number of benzene rings is 6. The van der Waals surface area contributed by atoms with Gasteiger partial charge in [-0.15, -0.1) is 0 Å². The van der Waals surface area contributed by atoms with Crippen LogP contribution in [0.15, 0.2) is 143 Å². The zero-order valence-electron chi connectivity index (χ0n) is 21.2. The molecule has 0 unspecified atom stereocenters. The first-order chi connectivity index (χ1) is 19.6. The molecule has 2 nitrogen and oxygen atoms in total. The van der Waals surface area contributed by atoms with E-state index in [9.17, 15) is 0 Å². The van der Waals surface area contributed by atoms with Crippen LogP contribution in [0.2, 0.25) is 0 Å². The Kier molecular flexibility index (Phi) is 9.67. The van der Waals surface area contributed by atoms with Crippen LogP contribution < -0.4 is 0 Å². The molecule has 0 saturated heterocycles. The van der Waals surface area contributed by atoms with E-state index in [-0.39, 0.29) is 0 Å². The second-order valence-corrected chi connectivity index (χ2v) is 14.3. The van der Waals surface area contributed by atoms with Crippen molar-refractivity contribution in [1.29, 1.82) is 0 Å². The number of hydrogen-bond acceptors (Lipinski definition) is 2. The minimum atomic E-state index is -1.33. The molecule has 0 aliphatic heterocycles. The van der Waals surface area contributed by atoms with E-state index in [0.717, 1.165) is 44.4 Å². The van der Waals surface area contributed by atoms with Crippen LogP contribution in [-0.2, 0) is 11.2 Å². The van der Waals surface area contributed by atoms with Gasteiger partial charge in [-0.1, -0.05) is 121 Å². The van der Waals surface area contributed by atoms with Crippen LogP contribution >= 0.6 is 30.3 Å². The molecule has 6 aromatic carbocycles. The summed E-state index contributed by atoms with van der Waals surface area (Å²) in [5.41, 5.74) is 6.17. The summed E-state index contributed by atoms with van der Waals surface area (Å²) in [4.78, 5) is 9.98. The third kappa shape index (κ3) is 7.01. The fourth-order valence-corrected chi connectivity index (χ4v) is 4.63. The molecule has 0 saturated carbocycles. The Hall–Kier alpha value is -3.43. The Balaban J connectivity index is 0.000000758. The van der Waals surface area contributed by atoms with Crippen molar-refractivity contribution in [3.63, 3.8) is 0 Å². The van der Waals surface area contributed by atoms with E-state index in [0.29, 0.717) is 0 Å². The molecule has 0 aliphatic rings. The van der Waals surface area contributed by atoms with Gasteiger partial charge in [0.2, 0.25) is 0 Å². The summed E-state index contributed by atoms with van der Waals surface area (Å²) < 4.78 is 0. The van der Waals surface area contributed by atoms with E-state index in [2.05, 4.69) is 97.1 Å². The molecule has 6 aromatic rings. The Morgan fingerprint density at radius 2 is 0.775 bits per heavy atom. The molecule has 40 heavy (non-hydrogen) atoms. The van der Waals surface area contributed by atoms with Gasteiger partial charge in [0.15, 0.2) is 0 Å². The molecule has 6 heteroatoms. The molecular weight excluding hydrogens is 599 g/mol. The van der Waals surface area contributed by atoms with Gasteiger partial charge in [-0.25, -0.2) is 0 Å². The quantitative estimate of drug-likeness (QED) is 0.135. The summed E-state index contributed by atoms with van der Waals surface area (Å²) in [6.45, 7) is 0. The number of halogens is 3. The summed E-state index contributed by atoms with van der Waals surface area (Å²) in [5.74, 6) is 0. The second-order valence-electron chi connectivity index (χ2n) is 8.85. The monoisotopic (exact) mass is 621 g/mol. The molecule has 0 aliphatic carbocycles. The summed E-state index contributed by atoms with van der Waals surface area (Å²) in [6.07, 6.45) is 3.87. The zero-order chi connectivity index (χ0) is 27.7. The normalized spacial score (nSPS) is 11.6. The maximum atomic E-state index is 4.99. The first-order valence-electron chi connectivity index (χ1n) is 12.5. The Labute approximate surface area is 251 Å². The Morgan fingerprint density at radius 1 is 0.425 bits per heavy atom. The van der Waals surface area contributed by atoms with Gasteiger partial charge in [-0.2, -0.15) is 0 Å². The fraction of sp³-hybridized carbons (Fsp3) is 0. The van der Waals surface area contributed by atoms with Crippen molar-refractivity contribution in [2.75, 3.05) is 0 Å². The van der Waals surface area contributed by atoms with Crippen LogP contribution in [0.3, 0.4) is 0 Å². The van der Waals surface area contributed by atoms with Crippen LogP contribution in [0.4, 0.5) is 11.4 Å². The van der Waals surface area contributed by atoms with Crippen LogP contribution in [0, 0.1) is 0 Å². The molecule has 6 rings (SSSR count). The van der Waals surface area contributed by atoms with Crippen LogP contribution in [0.1, 0.15) is 11.1 Å². The molecule has 199 valence electrons. The van der Waals surface area contributed by atoms with Gasteiger partial charge in [0, 0.05) is 23.6 Å². The van der Waals surface area contributed by atoms with E-state index in [1.165, 1.54) is 10.8 Å². The van der Waals surface area contributed by atoms with Crippen molar-refractivity contribution in [2.45, 2.75) is 0 Å². The molecular formula is C34H24Cl3FeN2. The first kappa shape index (κ1) is 28.1. The van der Waals surface area contributed by atoms with Crippen molar-refractivity contribution in [1.82, 2.24) is 0 Å². The molecule has 0 amide bonds. The van der Waals surface area contributed by atoms with Crippen molar-refractivity contribution in [3.05, 3.63) is 145 Å². The molecule has 0 N–H and O–H groups in total. The number of fused-ring (bicyclic) bond motifs is 2. The van der Waals surface area contributed by atoms with Gasteiger partial charge >= 0.3 is 41.5 Å². The second kappa shape index (κ2) is 13.8. The summed E-state index contributed by atoms with van der Waals surface area (Å²) >= 11 is -1.33. The van der Waals surface area contributed by atoms with Gasteiger partial charge in [-0.3, -0.25) is 9.98 Å². The van der Waals surface area contributed by atoms with Crippen molar-refractivity contribution in [3.8, 4) is 11.1 Å². The molecule has 0 spiro atoms. The summed E-state index contributed by atoms with van der Waals surface area (Å²) in [5, 5.41) is 4.68. The van der Waals surface area contributed by atoms with Crippen LogP contribution in [-0.4, -0.2) is 12.4 Å². The van der Waals surface area contributed by atoms with Gasteiger partial charge in [0.05, 0.1) is 11.4 Å². The van der Waals surface area contributed by atoms with Crippen molar-refractivity contribution in [2.24, 2.45) is 9.98 Å². The summed E-state index contributed by atoms with van der Waals surface area (Å²) in [6, 6.07) is 46.0. The van der Waals surface area contributed by atoms with Gasteiger partial charge in [-0.05, 0) is 44.8 Å². The van der Waals surface area contributed by atoms with Gasteiger partial charge < -0.3 is 0 Å². The van der Waals surface area contributed by atoms with Crippen LogP contribution in [0.5, 0.6) is 0 Å². The number of hydrogen-bond donors (Lipinski definition) is 0. The molecule has 0 fully saturated rings. The molecule has 0 heterocycles. The average molecular weight is 623 g/mol. The fourth-order valence-electron chi connectivity index (χ4n) is 4.63. The minimum absolute atomic E-state index is 0.921. The SMILES string of the molecule is C(=Nc1ccc2ccccc2c1-c1c(N=Cc2ccccc2)ccc2ccccc12)c1ccccc1.[Cl][Fe]([Cl])[Cl]. The average Bonchev–Trinajstić information content (AvgIpc) is 2.99. The predicted octanol–water partition coefficient (Wildman–Crippen LogP) is 11.2. The molecule has 0 atom stereocenters. The zero-order valence-corrected chi connectivity index (χ0v) is 24.6. The topological polar surface area (TPSA) is 24.7 Å². The standard InChI is InChI=1S/C34H24N2.3ClH.Fe/c1-3-11-25(12-4-1)23-35-31-21-19-27-15-7-9-17-29(27)33(31)34-30-18-10-8-16-28(30)20-22-32(34)36-24-26-13-5-2-6-14-26;;;;/h1-24H;3*1H;/q;;;;+3/p-3. The van der Waals surface area contributed by atoms with Crippen molar-refractivity contribution >= 4 is 75.6 Å². The third-order valence-electron chi connectivity index (χ3n) is 6.37. The van der Waals surface area contributed by atoms with E-state index in [1.807, 2.05) is 48.8 Å². The number of aliphatic imine (C=N–C) groups is 2.